The van der Waals surface area contributed by atoms with Gasteiger partial charge >= 0.3 is 0 Å². The van der Waals surface area contributed by atoms with Gasteiger partial charge in [0.25, 0.3) is 0 Å². The second-order valence-corrected chi connectivity index (χ2v) is 5.51. The van der Waals surface area contributed by atoms with E-state index in [1.54, 1.807) is 0 Å². The van der Waals surface area contributed by atoms with Gasteiger partial charge in [-0.05, 0) is 18.4 Å². The summed E-state index contributed by atoms with van der Waals surface area (Å²) in [6.45, 7) is 7.69. The van der Waals surface area contributed by atoms with Crippen molar-refractivity contribution < 1.29 is 0 Å². The van der Waals surface area contributed by atoms with Gasteiger partial charge in [0.15, 0.2) is 5.82 Å². The van der Waals surface area contributed by atoms with Gasteiger partial charge in [-0.15, -0.1) is 12.4 Å². The third-order valence-electron chi connectivity index (χ3n) is 3.62. The molecular weight excluding hydrogens is 284 g/mol. The zero-order valence-electron chi connectivity index (χ0n) is 13.0. The Morgan fingerprint density at radius 2 is 2.10 bits per heavy atom. The smallest absolute Gasteiger partial charge is 0.151 e. The van der Waals surface area contributed by atoms with Crippen molar-refractivity contribution in [1.29, 1.82) is 0 Å². The van der Waals surface area contributed by atoms with Gasteiger partial charge in [0.1, 0.15) is 5.82 Å². The zero-order valence-corrected chi connectivity index (χ0v) is 13.9. The van der Waals surface area contributed by atoms with Gasteiger partial charge in [0.2, 0.25) is 0 Å². The van der Waals surface area contributed by atoms with E-state index >= 15 is 0 Å². The highest BCUT2D eigenvalue weighted by atomic mass is 35.5. The summed E-state index contributed by atoms with van der Waals surface area (Å²) in [5, 5.41) is 4.62. The van der Waals surface area contributed by atoms with Crippen molar-refractivity contribution >= 4 is 12.4 Å². The third kappa shape index (κ3) is 4.83. The molecule has 1 aromatic heterocycles. The minimum absolute atomic E-state index is 0. The monoisotopic (exact) mass is 308 g/mol. The van der Waals surface area contributed by atoms with E-state index < -0.39 is 0 Å². The first kappa shape index (κ1) is 17.7. The van der Waals surface area contributed by atoms with Gasteiger partial charge in [-0.2, -0.15) is 5.10 Å². The largest absolute Gasteiger partial charge is 0.324 e. The number of nitrogens with zero attached hydrogens (tertiary/aromatic N) is 3. The fourth-order valence-corrected chi connectivity index (χ4v) is 2.23. The fraction of sp³-hybridized carbons (Fsp3) is 0.500. The SMILES string of the molecule is CCC(C)Cc1nc(CN)n(Cc2cccc(C)c2)n1.Cl. The lowest BCUT2D eigenvalue weighted by atomic mass is 10.1. The summed E-state index contributed by atoms with van der Waals surface area (Å²) in [5.74, 6) is 2.38. The van der Waals surface area contributed by atoms with Crippen LogP contribution in [0.15, 0.2) is 24.3 Å². The van der Waals surface area contributed by atoms with Crippen molar-refractivity contribution in [3.63, 3.8) is 0 Å². The molecule has 0 fully saturated rings. The maximum Gasteiger partial charge on any atom is 0.151 e. The molecule has 2 aromatic rings. The van der Waals surface area contributed by atoms with Crippen LogP contribution in [-0.2, 0) is 19.5 Å². The molecule has 5 heteroatoms. The summed E-state index contributed by atoms with van der Waals surface area (Å²) in [7, 11) is 0. The van der Waals surface area contributed by atoms with Crippen molar-refractivity contribution in [3.8, 4) is 0 Å². The van der Waals surface area contributed by atoms with Crippen molar-refractivity contribution in [2.75, 3.05) is 0 Å². The molecule has 2 N–H and O–H groups in total. The van der Waals surface area contributed by atoms with Gasteiger partial charge in [0.05, 0.1) is 13.1 Å². The minimum atomic E-state index is 0. The predicted molar refractivity (Wildman–Crippen MR) is 88.6 cm³/mol. The molecule has 4 nitrogen and oxygen atoms in total. The highest BCUT2D eigenvalue weighted by molar-refractivity contribution is 5.85. The Morgan fingerprint density at radius 3 is 2.71 bits per heavy atom. The van der Waals surface area contributed by atoms with Crippen molar-refractivity contribution in [1.82, 2.24) is 14.8 Å². The maximum absolute atomic E-state index is 5.79. The molecule has 0 bridgehead atoms. The van der Waals surface area contributed by atoms with E-state index in [-0.39, 0.29) is 12.4 Å². The van der Waals surface area contributed by atoms with Crippen LogP contribution in [-0.4, -0.2) is 14.8 Å². The minimum Gasteiger partial charge on any atom is -0.324 e. The number of aryl methyl sites for hydroxylation is 1. The first-order chi connectivity index (χ1) is 9.62. The molecule has 21 heavy (non-hydrogen) atoms. The molecule has 0 aliphatic heterocycles. The molecule has 0 aliphatic rings. The molecule has 2 rings (SSSR count). The summed E-state index contributed by atoms with van der Waals surface area (Å²) in [5.41, 5.74) is 8.28. The van der Waals surface area contributed by atoms with Crippen LogP contribution in [0, 0.1) is 12.8 Å². The lowest BCUT2D eigenvalue weighted by Gasteiger charge is -2.05. The van der Waals surface area contributed by atoms with E-state index in [0.717, 1.165) is 31.0 Å². The van der Waals surface area contributed by atoms with Crippen LogP contribution in [0.4, 0.5) is 0 Å². The van der Waals surface area contributed by atoms with E-state index in [9.17, 15) is 0 Å². The van der Waals surface area contributed by atoms with Gasteiger partial charge in [0, 0.05) is 6.42 Å². The Hall–Kier alpha value is -1.39. The van der Waals surface area contributed by atoms with Gasteiger partial charge in [-0.1, -0.05) is 50.1 Å². The van der Waals surface area contributed by atoms with Crippen LogP contribution < -0.4 is 5.73 Å². The molecule has 0 aliphatic carbocycles. The van der Waals surface area contributed by atoms with E-state index in [1.807, 2.05) is 4.68 Å². The number of hydrogen-bond acceptors (Lipinski definition) is 3. The number of rotatable bonds is 6. The number of hydrogen-bond donors (Lipinski definition) is 1. The van der Waals surface area contributed by atoms with Crippen LogP contribution >= 0.6 is 12.4 Å². The standard InChI is InChI=1S/C16H24N4.ClH/c1-4-12(2)9-15-18-16(10-17)20(19-15)11-14-7-5-6-13(3)8-14;/h5-8,12H,4,9-11,17H2,1-3H3;1H. The van der Waals surface area contributed by atoms with Crippen LogP contribution in [0.2, 0.25) is 0 Å². The summed E-state index contributed by atoms with van der Waals surface area (Å²) >= 11 is 0. The van der Waals surface area contributed by atoms with Crippen LogP contribution in [0.3, 0.4) is 0 Å². The van der Waals surface area contributed by atoms with Crippen molar-refractivity contribution in [3.05, 3.63) is 47.0 Å². The molecule has 0 amide bonds. The second kappa shape index (κ2) is 8.15. The lowest BCUT2D eigenvalue weighted by molar-refractivity contribution is 0.537. The summed E-state index contributed by atoms with van der Waals surface area (Å²) in [4.78, 5) is 4.56. The quantitative estimate of drug-likeness (QED) is 0.892. The maximum atomic E-state index is 5.79. The van der Waals surface area contributed by atoms with E-state index in [2.05, 4.69) is 55.1 Å². The van der Waals surface area contributed by atoms with Crippen LogP contribution in [0.25, 0.3) is 0 Å². The fourth-order valence-electron chi connectivity index (χ4n) is 2.23. The van der Waals surface area contributed by atoms with E-state index in [4.69, 9.17) is 5.73 Å². The number of halogens is 1. The first-order valence-electron chi connectivity index (χ1n) is 7.30. The molecule has 1 atom stereocenters. The Kier molecular flexibility index (Phi) is 6.85. The van der Waals surface area contributed by atoms with Crippen molar-refractivity contribution in [2.24, 2.45) is 11.7 Å². The normalized spacial score (nSPS) is 12.0. The second-order valence-electron chi connectivity index (χ2n) is 5.51. The lowest BCUT2D eigenvalue weighted by Crippen LogP contribution is -2.10. The molecular formula is C16H25ClN4. The molecule has 1 heterocycles. The van der Waals surface area contributed by atoms with Gasteiger partial charge < -0.3 is 5.73 Å². The Bertz CT molecular complexity index is 565. The number of benzene rings is 1. The third-order valence-corrected chi connectivity index (χ3v) is 3.62. The summed E-state index contributed by atoms with van der Waals surface area (Å²) in [6.07, 6.45) is 2.06. The highest BCUT2D eigenvalue weighted by Gasteiger charge is 2.11. The van der Waals surface area contributed by atoms with Crippen LogP contribution in [0.1, 0.15) is 43.0 Å². The van der Waals surface area contributed by atoms with Crippen molar-refractivity contribution in [2.45, 2.75) is 46.7 Å². The topological polar surface area (TPSA) is 56.7 Å². The molecule has 1 aromatic carbocycles. The number of nitrogens with two attached hydrogens (primary N) is 1. The van der Waals surface area contributed by atoms with Crippen LogP contribution in [0.5, 0.6) is 0 Å². The van der Waals surface area contributed by atoms with Gasteiger partial charge in [-0.25, -0.2) is 9.67 Å². The molecule has 0 saturated carbocycles. The molecule has 0 saturated heterocycles. The summed E-state index contributed by atoms with van der Waals surface area (Å²) < 4.78 is 1.94. The number of aromatic nitrogens is 3. The van der Waals surface area contributed by atoms with E-state index in [0.29, 0.717) is 12.5 Å². The average molecular weight is 309 g/mol. The first-order valence-corrected chi connectivity index (χ1v) is 7.30. The predicted octanol–water partition coefficient (Wildman–Crippen LogP) is 3.10. The van der Waals surface area contributed by atoms with Gasteiger partial charge in [-0.3, -0.25) is 0 Å². The Balaban J connectivity index is 0.00000220. The molecule has 0 spiro atoms. The Labute approximate surface area is 133 Å². The molecule has 0 radical (unpaired) electrons. The highest BCUT2D eigenvalue weighted by Crippen LogP contribution is 2.11. The molecule has 116 valence electrons. The zero-order chi connectivity index (χ0) is 14.5. The average Bonchev–Trinajstić information content (AvgIpc) is 2.80. The molecule has 1 unspecified atom stereocenters. The summed E-state index contributed by atoms with van der Waals surface area (Å²) in [6, 6.07) is 8.46. The Morgan fingerprint density at radius 1 is 1.33 bits per heavy atom. The van der Waals surface area contributed by atoms with E-state index in [1.165, 1.54) is 11.1 Å².